The molecule has 0 saturated heterocycles. The van der Waals surface area contributed by atoms with Crippen LogP contribution in [0.3, 0.4) is 0 Å². The van der Waals surface area contributed by atoms with Crippen molar-refractivity contribution >= 4 is 5.97 Å². The van der Waals surface area contributed by atoms with Crippen LogP contribution in [-0.4, -0.2) is 27.0 Å². The second kappa shape index (κ2) is 5.21. The molecule has 0 aliphatic heterocycles. The van der Waals surface area contributed by atoms with Gasteiger partial charge in [-0.3, -0.25) is 4.68 Å². The number of hydrogen-bond donors (Lipinski definition) is 1. The Labute approximate surface area is 100 Å². The Hall–Kier alpha value is -1.52. The van der Waals surface area contributed by atoms with Crippen LogP contribution in [-0.2, 0) is 6.54 Å². The molecule has 0 spiro atoms. The second-order valence-electron chi connectivity index (χ2n) is 4.36. The molecule has 0 atom stereocenters. The number of carboxylic acids is 1. The topological polar surface area (TPSA) is 64.4 Å². The third kappa shape index (κ3) is 2.60. The Balaban J connectivity index is 2.14. The molecule has 0 radical (unpaired) electrons. The van der Waals surface area contributed by atoms with Crippen molar-refractivity contribution in [1.29, 1.82) is 0 Å². The largest absolute Gasteiger partial charge is 0.486 e. The zero-order valence-corrected chi connectivity index (χ0v) is 10.1. The number of aromatic carboxylic acids is 1. The van der Waals surface area contributed by atoms with Gasteiger partial charge in [0, 0.05) is 6.54 Å². The van der Waals surface area contributed by atoms with E-state index in [2.05, 4.69) is 5.10 Å². The normalized spacial score (nSPS) is 17.0. The number of nitrogens with zero attached hydrogens (tertiary/aromatic N) is 2. The highest BCUT2D eigenvalue weighted by Gasteiger charge is 2.22. The summed E-state index contributed by atoms with van der Waals surface area (Å²) in [6.45, 7) is 2.40. The highest BCUT2D eigenvalue weighted by Crippen LogP contribution is 2.25. The molecule has 0 unspecified atom stereocenters. The van der Waals surface area contributed by atoms with Gasteiger partial charge in [0.1, 0.15) is 0 Å². The van der Waals surface area contributed by atoms with Crippen molar-refractivity contribution in [2.24, 2.45) is 0 Å². The predicted molar refractivity (Wildman–Crippen MR) is 62.4 cm³/mol. The molecule has 94 valence electrons. The van der Waals surface area contributed by atoms with Crippen LogP contribution in [0.25, 0.3) is 0 Å². The molecule has 2 rings (SSSR count). The fraction of sp³-hybridized carbons (Fsp3) is 0.667. The van der Waals surface area contributed by atoms with Crippen molar-refractivity contribution in [3.8, 4) is 5.75 Å². The summed E-state index contributed by atoms with van der Waals surface area (Å²) in [6, 6.07) is 0. The summed E-state index contributed by atoms with van der Waals surface area (Å²) in [6.07, 6.45) is 7.26. The van der Waals surface area contributed by atoms with Crippen LogP contribution in [0.5, 0.6) is 5.75 Å². The molecule has 1 aromatic rings. The van der Waals surface area contributed by atoms with Crippen molar-refractivity contribution in [3.63, 3.8) is 0 Å². The third-order valence-electron chi connectivity index (χ3n) is 3.15. The fourth-order valence-corrected chi connectivity index (χ4v) is 2.27. The average Bonchev–Trinajstić information content (AvgIpc) is 2.73. The molecule has 1 fully saturated rings. The van der Waals surface area contributed by atoms with Gasteiger partial charge in [0.05, 0.1) is 12.3 Å². The summed E-state index contributed by atoms with van der Waals surface area (Å²) < 4.78 is 7.22. The summed E-state index contributed by atoms with van der Waals surface area (Å²) in [5.74, 6) is -0.568. The first-order chi connectivity index (χ1) is 8.22. The summed E-state index contributed by atoms with van der Waals surface area (Å²) in [5, 5.41) is 13.2. The van der Waals surface area contributed by atoms with Gasteiger partial charge in [-0.05, 0) is 32.6 Å². The van der Waals surface area contributed by atoms with Gasteiger partial charge in [-0.15, -0.1) is 0 Å². The van der Waals surface area contributed by atoms with E-state index in [-0.39, 0.29) is 11.8 Å². The first kappa shape index (κ1) is 12.0. The molecule has 1 aliphatic carbocycles. The molecule has 1 N–H and O–H groups in total. The van der Waals surface area contributed by atoms with Crippen molar-refractivity contribution in [2.75, 3.05) is 0 Å². The second-order valence-corrected chi connectivity index (χ2v) is 4.36. The maximum Gasteiger partial charge on any atom is 0.358 e. The quantitative estimate of drug-likeness (QED) is 0.874. The number of rotatable bonds is 4. The van der Waals surface area contributed by atoms with E-state index in [1.165, 1.54) is 17.3 Å². The number of aryl methyl sites for hydroxylation is 1. The third-order valence-corrected chi connectivity index (χ3v) is 3.15. The Morgan fingerprint density at radius 3 is 2.82 bits per heavy atom. The van der Waals surface area contributed by atoms with Gasteiger partial charge in [-0.2, -0.15) is 5.10 Å². The van der Waals surface area contributed by atoms with Crippen LogP contribution in [0.1, 0.15) is 49.5 Å². The molecule has 1 saturated carbocycles. The van der Waals surface area contributed by atoms with Gasteiger partial charge < -0.3 is 9.84 Å². The summed E-state index contributed by atoms with van der Waals surface area (Å²) >= 11 is 0. The van der Waals surface area contributed by atoms with Gasteiger partial charge in [-0.25, -0.2) is 4.79 Å². The van der Waals surface area contributed by atoms with Gasteiger partial charge in [0.15, 0.2) is 11.4 Å². The molecule has 0 aromatic carbocycles. The highest BCUT2D eigenvalue weighted by atomic mass is 16.5. The number of hydrogen-bond acceptors (Lipinski definition) is 3. The molecular weight excluding hydrogens is 220 g/mol. The van der Waals surface area contributed by atoms with Crippen LogP contribution in [0.4, 0.5) is 0 Å². The minimum absolute atomic E-state index is 0.149. The summed E-state index contributed by atoms with van der Waals surface area (Å²) in [5.41, 5.74) is 0.165. The van der Waals surface area contributed by atoms with Crippen LogP contribution < -0.4 is 4.74 Å². The zero-order valence-electron chi connectivity index (χ0n) is 10.1. The number of carbonyl (C=O) groups is 1. The molecule has 17 heavy (non-hydrogen) atoms. The first-order valence-corrected chi connectivity index (χ1v) is 6.18. The maximum atomic E-state index is 11.2. The van der Waals surface area contributed by atoms with Crippen LogP contribution in [0.15, 0.2) is 6.20 Å². The minimum Gasteiger partial charge on any atom is -0.486 e. The summed E-state index contributed by atoms with van der Waals surface area (Å²) in [4.78, 5) is 11.2. The van der Waals surface area contributed by atoms with Gasteiger partial charge in [0.25, 0.3) is 0 Å². The van der Waals surface area contributed by atoms with E-state index >= 15 is 0 Å². The van der Waals surface area contributed by atoms with E-state index < -0.39 is 5.97 Å². The smallest absolute Gasteiger partial charge is 0.358 e. The van der Waals surface area contributed by atoms with E-state index in [0.29, 0.717) is 12.3 Å². The zero-order chi connectivity index (χ0) is 12.3. The molecule has 0 amide bonds. The Kier molecular flexibility index (Phi) is 3.66. The van der Waals surface area contributed by atoms with E-state index in [0.717, 1.165) is 25.7 Å². The number of ether oxygens (including phenoxy) is 1. The lowest BCUT2D eigenvalue weighted by atomic mass is 9.98. The van der Waals surface area contributed by atoms with Crippen LogP contribution >= 0.6 is 0 Å². The highest BCUT2D eigenvalue weighted by molar-refractivity contribution is 5.88. The Bertz CT molecular complexity index is 394. The van der Waals surface area contributed by atoms with E-state index in [1.807, 2.05) is 6.92 Å². The van der Waals surface area contributed by atoms with E-state index in [1.54, 1.807) is 0 Å². The molecule has 1 heterocycles. The Morgan fingerprint density at radius 2 is 2.24 bits per heavy atom. The molecular formula is C12H18N2O3. The predicted octanol–water partition coefficient (Wildman–Crippen LogP) is 2.31. The minimum atomic E-state index is -0.977. The monoisotopic (exact) mass is 238 g/mol. The van der Waals surface area contributed by atoms with Gasteiger partial charge >= 0.3 is 5.97 Å². The van der Waals surface area contributed by atoms with Crippen molar-refractivity contribution in [1.82, 2.24) is 9.78 Å². The molecule has 5 heteroatoms. The molecule has 1 aliphatic rings. The van der Waals surface area contributed by atoms with Gasteiger partial charge in [-0.1, -0.05) is 6.42 Å². The van der Waals surface area contributed by atoms with Crippen molar-refractivity contribution in [3.05, 3.63) is 11.9 Å². The van der Waals surface area contributed by atoms with Crippen LogP contribution in [0.2, 0.25) is 0 Å². The average molecular weight is 238 g/mol. The van der Waals surface area contributed by atoms with Gasteiger partial charge in [0.2, 0.25) is 0 Å². The maximum absolute atomic E-state index is 11.2. The SMILES string of the molecule is CCn1ncc(OC2CCCCC2)c1C(=O)O. The number of carboxylic acid groups (broad SMARTS) is 1. The van der Waals surface area contributed by atoms with E-state index in [9.17, 15) is 4.79 Å². The fourth-order valence-electron chi connectivity index (χ4n) is 2.27. The van der Waals surface area contributed by atoms with Crippen LogP contribution in [0, 0.1) is 0 Å². The Morgan fingerprint density at radius 1 is 1.53 bits per heavy atom. The first-order valence-electron chi connectivity index (χ1n) is 6.18. The number of aromatic nitrogens is 2. The summed E-state index contributed by atoms with van der Waals surface area (Å²) in [7, 11) is 0. The standard InChI is InChI=1S/C12H18N2O3/c1-2-14-11(12(15)16)10(8-13-14)17-9-6-4-3-5-7-9/h8-9H,2-7H2,1H3,(H,15,16). The lowest BCUT2D eigenvalue weighted by molar-refractivity contribution is 0.0672. The lowest BCUT2D eigenvalue weighted by Crippen LogP contribution is -2.21. The molecule has 0 bridgehead atoms. The van der Waals surface area contributed by atoms with E-state index in [4.69, 9.17) is 9.84 Å². The van der Waals surface area contributed by atoms with Crippen molar-refractivity contribution in [2.45, 2.75) is 51.7 Å². The lowest BCUT2D eigenvalue weighted by Gasteiger charge is -2.22. The molecule has 5 nitrogen and oxygen atoms in total. The van der Waals surface area contributed by atoms with Crippen molar-refractivity contribution < 1.29 is 14.6 Å². The molecule has 1 aromatic heterocycles.